The predicted octanol–water partition coefficient (Wildman–Crippen LogP) is 4.41. The van der Waals surface area contributed by atoms with Gasteiger partial charge in [-0.3, -0.25) is 19.2 Å². The van der Waals surface area contributed by atoms with Crippen LogP contribution in [-0.2, 0) is 23.9 Å². The second-order valence-electron chi connectivity index (χ2n) is 12.6. The lowest BCUT2D eigenvalue weighted by molar-refractivity contribution is -0.147. The van der Waals surface area contributed by atoms with Gasteiger partial charge in [0.25, 0.3) is 0 Å². The summed E-state index contributed by atoms with van der Waals surface area (Å²) in [5.41, 5.74) is 3.44. The van der Waals surface area contributed by atoms with E-state index in [0.717, 1.165) is 21.7 Å². The number of nitrogens with one attached hydrogen (secondary N) is 2. The van der Waals surface area contributed by atoms with Crippen LogP contribution >= 0.6 is 11.3 Å². The number of benzene rings is 1. The third-order valence-electron chi connectivity index (χ3n) is 7.03. The molecule has 0 bridgehead atoms. The van der Waals surface area contributed by atoms with Crippen molar-refractivity contribution in [2.75, 3.05) is 6.54 Å². The van der Waals surface area contributed by atoms with Crippen LogP contribution in [0.3, 0.4) is 0 Å². The number of aryl methyl sites for hydroxylation is 1. The van der Waals surface area contributed by atoms with Crippen molar-refractivity contribution >= 4 is 35.0 Å². The first-order chi connectivity index (χ1) is 18.5. The predicted molar refractivity (Wildman–Crippen MR) is 155 cm³/mol. The van der Waals surface area contributed by atoms with Crippen LogP contribution < -0.4 is 10.6 Å². The highest BCUT2D eigenvalue weighted by Crippen LogP contribution is 2.30. The van der Waals surface area contributed by atoms with Crippen LogP contribution in [-0.4, -0.2) is 58.3 Å². The van der Waals surface area contributed by atoms with Crippen LogP contribution in [0, 0.1) is 17.8 Å². The standard InChI is InChI=1S/C30H42N4O5S/c1-17(20-10-12-21(13-11-20)24-18(2)31-16-40-24)32-26(36)23-14-22(39-19(3)35)15-34(23)27(37)25(29(4,5)6)33-28(38)30(7,8)9/h10-13,16-17,22-23,25H,14-15H2,1-9H3,(H,32,36)(H,33,38)/t17-,22+,23-,25?/m0/s1. The molecule has 1 aromatic carbocycles. The van der Waals surface area contributed by atoms with Gasteiger partial charge in [-0.05, 0) is 30.4 Å². The Morgan fingerprint density at radius 3 is 2.17 bits per heavy atom. The number of esters is 1. The zero-order valence-electron chi connectivity index (χ0n) is 25.0. The average Bonchev–Trinajstić information content (AvgIpc) is 3.46. The fourth-order valence-corrected chi connectivity index (χ4v) is 5.48. The topological polar surface area (TPSA) is 118 Å². The van der Waals surface area contributed by atoms with E-state index in [2.05, 4.69) is 15.6 Å². The molecule has 4 atom stereocenters. The lowest BCUT2D eigenvalue weighted by atomic mass is 9.84. The number of hydrogen-bond acceptors (Lipinski definition) is 7. The Kier molecular flexibility index (Phi) is 9.44. The molecule has 1 aliphatic heterocycles. The third kappa shape index (κ3) is 7.47. The summed E-state index contributed by atoms with van der Waals surface area (Å²) < 4.78 is 5.42. The maximum Gasteiger partial charge on any atom is 0.302 e. The van der Waals surface area contributed by atoms with E-state index < -0.39 is 35.0 Å². The summed E-state index contributed by atoms with van der Waals surface area (Å²) in [6, 6.07) is 5.90. The molecule has 1 saturated heterocycles. The van der Waals surface area contributed by atoms with Gasteiger partial charge in [-0.15, -0.1) is 11.3 Å². The Morgan fingerprint density at radius 2 is 1.68 bits per heavy atom. The van der Waals surface area contributed by atoms with Crippen molar-refractivity contribution in [3.8, 4) is 10.4 Å². The van der Waals surface area contributed by atoms with Gasteiger partial charge in [-0.1, -0.05) is 65.8 Å². The number of rotatable bonds is 7. The molecule has 3 amide bonds. The molecule has 2 N–H and O–H groups in total. The zero-order valence-corrected chi connectivity index (χ0v) is 25.8. The first-order valence-electron chi connectivity index (χ1n) is 13.6. The van der Waals surface area contributed by atoms with Gasteiger partial charge in [0.15, 0.2) is 0 Å². The van der Waals surface area contributed by atoms with E-state index in [0.29, 0.717) is 0 Å². The summed E-state index contributed by atoms with van der Waals surface area (Å²) in [5.74, 6) is -1.45. The molecule has 3 rings (SSSR count). The Bertz CT molecular complexity index is 1240. The van der Waals surface area contributed by atoms with Crippen molar-refractivity contribution in [2.45, 2.75) is 93.0 Å². The van der Waals surface area contributed by atoms with E-state index in [-0.39, 0.29) is 36.7 Å². The smallest absolute Gasteiger partial charge is 0.302 e. The molecule has 10 heteroatoms. The molecule has 2 heterocycles. The number of hydrogen-bond donors (Lipinski definition) is 2. The number of nitrogens with zero attached hydrogens (tertiary/aromatic N) is 2. The molecule has 1 fully saturated rings. The van der Waals surface area contributed by atoms with Gasteiger partial charge in [-0.25, -0.2) is 4.98 Å². The fourth-order valence-electron chi connectivity index (χ4n) is 4.67. The van der Waals surface area contributed by atoms with Crippen LogP contribution in [0.4, 0.5) is 0 Å². The van der Waals surface area contributed by atoms with Gasteiger partial charge in [0.1, 0.15) is 18.2 Å². The third-order valence-corrected chi connectivity index (χ3v) is 8.01. The quantitative estimate of drug-likeness (QED) is 0.477. The summed E-state index contributed by atoms with van der Waals surface area (Å²) in [7, 11) is 0. The Labute approximate surface area is 241 Å². The number of likely N-dealkylation sites (tertiary alicyclic amines) is 1. The Balaban J connectivity index is 1.81. The van der Waals surface area contributed by atoms with Crippen LogP contribution in [0.15, 0.2) is 29.8 Å². The van der Waals surface area contributed by atoms with Gasteiger partial charge in [0, 0.05) is 18.8 Å². The molecule has 0 saturated carbocycles. The number of amides is 3. The first-order valence-corrected chi connectivity index (χ1v) is 14.5. The molecule has 9 nitrogen and oxygen atoms in total. The molecule has 2 aromatic rings. The van der Waals surface area contributed by atoms with E-state index in [1.54, 1.807) is 32.1 Å². The lowest BCUT2D eigenvalue weighted by Crippen LogP contribution is -2.59. The minimum absolute atomic E-state index is 0.0751. The fraction of sp³-hybridized carbons (Fsp3) is 0.567. The molecule has 1 unspecified atom stereocenters. The number of aromatic nitrogens is 1. The molecular weight excluding hydrogens is 528 g/mol. The van der Waals surface area contributed by atoms with E-state index in [4.69, 9.17) is 4.74 Å². The minimum atomic E-state index is -0.870. The lowest BCUT2D eigenvalue weighted by Gasteiger charge is -2.36. The molecule has 218 valence electrons. The molecule has 1 aliphatic rings. The maximum atomic E-state index is 13.9. The second kappa shape index (κ2) is 12.1. The number of carbonyl (C=O) groups excluding carboxylic acids is 4. The first kappa shape index (κ1) is 31.3. The summed E-state index contributed by atoms with van der Waals surface area (Å²) >= 11 is 1.58. The SMILES string of the molecule is CC(=O)O[C@@H]1C[C@@H](C(=O)N[C@@H](C)c2ccc(-c3scnc3C)cc2)N(C(=O)C(NC(=O)C(C)(C)C)C(C)(C)C)C1. The molecular formula is C30H42N4O5S. The highest BCUT2D eigenvalue weighted by Gasteiger charge is 2.46. The van der Waals surface area contributed by atoms with Crippen molar-refractivity contribution < 1.29 is 23.9 Å². The Morgan fingerprint density at radius 1 is 1.05 bits per heavy atom. The summed E-state index contributed by atoms with van der Waals surface area (Å²) in [6.45, 7) is 16.2. The van der Waals surface area contributed by atoms with E-state index >= 15 is 0 Å². The van der Waals surface area contributed by atoms with E-state index in [9.17, 15) is 19.2 Å². The number of ether oxygens (including phenoxy) is 1. The van der Waals surface area contributed by atoms with Crippen molar-refractivity contribution in [1.82, 2.24) is 20.5 Å². The van der Waals surface area contributed by atoms with Crippen molar-refractivity contribution in [1.29, 1.82) is 0 Å². The Hall–Kier alpha value is -3.27. The summed E-state index contributed by atoms with van der Waals surface area (Å²) in [5, 5.41) is 5.94. The van der Waals surface area contributed by atoms with Crippen molar-refractivity contribution in [2.24, 2.45) is 10.8 Å². The highest BCUT2D eigenvalue weighted by molar-refractivity contribution is 7.13. The summed E-state index contributed by atoms with van der Waals surface area (Å²) in [4.78, 5) is 58.9. The van der Waals surface area contributed by atoms with Gasteiger partial charge in [-0.2, -0.15) is 0 Å². The second-order valence-corrected chi connectivity index (χ2v) is 13.5. The van der Waals surface area contributed by atoms with Crippen LogP contribution in [0.5, 0.6) is 0 Å². The highest BCUT2D eigenvalue weighted by atomic mass is 32.1. The molecule has 1 aromatic heterocycles. The van der Waals surface area contributed by atoms with Crippen molar-refractivity contribution in [3.63, 3.8) is 0 Å². The minimum Gasteiger partial charge on any atom is -0.461 e. The average molecular weight is 571 g/mol. The maximum absolute atomic E-state index is 13.9. The van der Waals surface area contributed by atoms with Gasteiger partial charge < -0.3 is 20.3 Å². The monoisotopic (exact) mass is 570 g/mol. The van der Waals surface area contributed by atoms with E-state index in [1.807, 2.05) is 64.4 Å². The zero-order chi connectivity index (χ0) is 30.0. The van der Waals surface area contributed by atoms with Gasteiger partial charge in [0.2, 0.25) is 17.7 Å². The number of thiazole rings is 1. The molecule has 0 aliphatic carbocycles. The molecule has 0 spiro atoms. The molecule has 40 heavy (non-hydrogen) atoms. The van der Waals surface area contributed by atoms with Crippen LogP contribution in [0.25, 0.3) is 10.4 Å². The van der Waals surface area contributed by atoms with Crippen LogP contribution in [0.2, 0.25) is 0 Å². The largest absolute Gasteiger partial charge is 0.461 e. The summed E-state index contributed by atoms with van der Waals surface area (Å²) in [6.07, 6.45) is -0.439. The van der Waals surface area contributed by atoms with Crippen molar-refractivity contribution in [3.05, 3.63) is 41.0 Å². The number of carbonyl (C=O) groups is 4. The van der Waals surface area contributed by atoms with Gasteiger partial charge in [0.05, 0.1) is 28.7 Å². The van der Waals surface area contributed by atoms with Crippen LogP contribution in [0.1, 0.15) is 79.1 Å². The van der Waals surface area contributed by atoms with Gasteiger partial charge >= 0.3 is 5.97 Å². The molecule has 0 radical (unpaired) electrons. The van der Waals surface area contributed by atoms with E-state index in [1.165, 1.54) is 11.8 Å². The normalized spacial score (nSPS) is 19.1.